The Morgan fingerprint density at radius 2 is 2.30 bits per heavy atom. The van der Waals surface area contributed by atoms with Crippen LogP contribution in [0.3, 0.4) is 0 Å². The average molecular weight is 142 g/mol. The van der Waals surface area contributed by atoms with E-state index in [0.717, 1.165) is 6.20 Å². The number of rotatable bonds is 2. The smallest absolute Gasteiger partial charge is 0.340 e. The maximum atomic E-state index is 10.7. The summed E-state index contributed by atoms with van der Waals surface area (Å²) in [6.45, 7) is 0. The Morgan fingerprint density at radius 1 is 1.70 bits per heavy atom. The van der Waals surface area contributed by atoms with Crippen LogP contribution in [0.25, 0.3) is 0 Å². The number of aliphatic imine (C=N–C) groups is 1. The van der Waals surface area contributed by atoms with Crippen molar-refractivity contribution in [3.8, 4) is 0 Å². The van der Waals surface area contributed by atoms with Gasteiger partial charge in [-0.05, 0) is 0 Å². The molecule has 56 valence electrons. The predicted octanol–water partition coefficient (Wildman–Crippen LogP) is -0.297. The minimum atomic E-state index is -0.479. The molecular weight excluding hydrogens is 132 g/mol. The molecule has 0 atom stereocenters. The fraction of sp³-hybridized carbons (Fsp3) is 0.333. The van der Waals surface area contributed by atoms with Gasteiger partial charge in [0.15, 0.2) is 0 Å². The summed E-state index contributed by atoms with van der Waals surface area (Å²) < 4.78 is 4.38. The lowest BCUT2D eigenvalue weighted by Gasteiger charge is -1.95. The molecule has 0 saturated heterocycles. The van der Waals surface area contributed by atoms with Crippen molar-refractivity contribution < 1.29 is 9.53 Å². The highest BCUT2D eigenvalue weighted by Gasteiger charge is 2.03. The van der Waals surface area contributed by atoms with Gasteiger partial charge >= 0.3 is 5.97 Å². The Hall–Kier alpha value is -1.32. The van der Waals surface area contributed by atoms with E-state index in [1.807, 2.05) is 0 Å². The molecule has 0 rings (SSSR count). The van der Waals surface area contributed by atoms with Crippen molar-refractivity contribution in [3.63, 3.8) is 0 Å². The van der Waals surface area contributed by atoms with Crippen LogP contribution < -0.4 is 5.73 Å². The summed E-state index contributed by atoms with van der Waals surface area (Å²) in [4.78, 5) is 14.3. The lowest BCUT2D eigenvalue weighted by Crippen LogP contribution is -2.07. The Labute approximate surface area is 59.4 Å². The van der Waals surface area contributed by atoms with Crippen LogP contribution in [0.15, 0.2) is 16.8 Å². The van der Waals surface area contributed by atoms with Crippen molar-refractivity contribution >= 4 is 12.2 Å². The first kappa shape index (κ1) is 8.68. The van der Waals surface area contributed by atoms with Crippen molar-refractivity contribution in [2.45, 2.75) is 0 Å². The highest BCUT2D eigenvalue weighted by Crippen LogP contribution is 1.89. The maximum absolute atomic E-state index is 10.7. The molecule has 4 heteroatoms. The van der Waals surface area contributed by atoms with Crippen LogP contribution >= 0.6 is 0 Å². The molecule has 0 fully saturated rings. The molecule has 0 aromatic rings. The highest BCUT2D eigenvalue weighted by atomic mass is 16.5. The molecule has 0 aromatic carbocycles. The number of nitrogens with two attached hydrogens (primary N) is 1. The molecule has 0 saturated carbocycles. The van der Waals surface area contributed by atoms with Gasteiger partial charge in [-0.1, -0.05) is 0 Å². The van der Waals surface area contributed by atoms with Gasteiger partial charge in [-0.15, -0.1) is 0 Å². The van der Waals surface area contributed by atoms with Crippen LogP contribution in [0.4, 0.5) is 0 Å². The second-order valence-corrected chi connectivity index (χ2v) is 1.50. The summed E-state index contributed by atoms with van der Waals surface area (Å²) in [5.41, 5.74) is 5.34. The summed E-state index contributed by atoms with van der Waals surface area (Å²) in [6.07, 6.45) is 2.49. The summed E-state index contributed by atoms with van der Waals surface area (Å²) in [7, 11) is 2.84. The SMILES string of the molecule is CN=CC(=CN)C(=O)OC. The fourth-order valence-electron chi connectivity index (χ4n) is 0.421. The van der Waals surface area contributed by atoms with Crippen LogP contribution in [0.5, 0.6) is 0 Å². The van der Waals surface area contributed by atoms with Crippen molar-refractivity contribution in [3.05, 3.63) is 11.8 Å². The van der Waals surface area contributed by atoms with Crippen LogP contribution in [-0.4, -0.2) is 26.3 Å². The first-order valence-corrected chi connectivity index (χ1v) is 2.68. The van der Waals surface area contributed by atoms with Crippen molar-refractivity contribution in [2.75, 3.05) is 14.2 Å². The quantitative estimate of drug-likeness (QED) is 0.327. The molecule has 0 aliphatic rings. The first-order valence-electron chi connectivity index (χ1n) is 2.68. The molecule has 0 bridgehead atoms. The average Bonchev–Trinajstić information content (AvgIpc) is 1.99. The number of methoxy groups -OCH3 is 1. The van der Waals surface area contributed by atoms with E-state index < -0.39 is 5.97 Å². The number of nitrogens with zero attached hydrogens (tertiary/aromatic N) is 1. The summed E-state index contributed by atoms with van der Waals surface area (Å²) in [6, 6.07) is 0. The number of hydrogen-bond donors (Lipinski definition) is 1. The van der Waals surface area contributed by atoms with Crippen molar-refractivity contribution in [2.24, 2.45) is 10.7 Å². The molecule has 10 heavy (non-hydrogen) atoms. The van der Waals surface area contributed by atoms with Gasteiger partial charge in [0.1, 0.15) is 0 Å². The highest BCUT2D eigenvalue weighted by molar-refractivity contribution is 6.09. The van der Waals surface area contributed by atoms with Gasteiger partial charge in [-0.25, -0.2) is 4.79 Å². The Morgan fingerprint density at radius 3 is 2.60 bits per heavy atom. The number of carbonyl (C=O) groups excluding carboxylic acids is 1. The van der Waals surface area contributed by atoms with Crippen LogP contribution in [0, 0.1) is 0 Å². The van der Waals surface area contributed by atoms with E-state index in [2.05, 4.69) is 9.73 Å². The third-order valence-corrected chi connectivity index (χ3v) is 0.869. The fourth-order valence-corrected chi connectivity index (χ4v) is 0.421. The minimum absolute atomic E-state index is 0.255. The zero-order valence-electron chi connectivity index (χ0n) is 6.00. The van der Waals surface area contributed by atoms with Gasteiger partial charge in [0, 0.05) is 19.5 Å². The van der Waals surface area contributed by atoms with E-state index in [9.17, 15) is 4.79 Å². The van der Waals surface area contributed by atoms with Crippen LogP contribution in [-0.2, 0) is 9.53 Å². The normalized spacial score (nSPS) is 12.0. The van der Waals surface area contributed by atoms with Gasteiger partial charge in [0.25, 0.3) is 0 Å². The van der Waals surface area contributed by atoms with E-state index >= 15 is 0 Å². The molecule has 0 heterocycles. The summed E-state index contributed by atoms with van der Waals surface area (Å²) in [5.74, 6) is -0.479. The summed E-state index contributed by atoms with van der Waals surface area (Å²) in [5, 5.41) is 0. The van der Waals surface area contributed by atoms with E-state index in [4.69, 9.17) is 5.73 Å². The standard InChI is InChI=1S/C6H10N2O2/c1-8-4-5(3-7)6(9)10-2/h3-4H,7H2,1-2H3. The lowest BCUT2D eigenvalue weighted by molar-refractivity contribution is -0.135. The van der Waals surface area contributed by atoms with Gasteiger partial charge in [0.2, 0.25) is 0 Å². The van der Waals surface area contributed by atoms with Crippen molar-refractivity contribution in [1.29, 1.82) is 0 Å². The molecule has 0 amide bonds. The second-order valence-electron chi connectivity index (χ2n) is 1.50. The second kappa shape index (κ2) is 4.55. The monoisotopic (exact) mass is 142 g/mol. The van der Waals surface area contributed by atoms with Gasteiger partial charge in [-0.3, -0.25) is 4.99 Å². The molecule has 0 spiro atoms. The topological polar surface area (TPSA) is 64.7 Å². The van der Waals surface area contributed by atoms with Crippen LogP contribution in [0.2, 0.25) is 0 Å². The number of hydrogen-bond acceptors (Lipinski definition) is 4. The molecule has 0 aliphatic carbocycles. The van der Waals surface area contributed by atoms with E-state index in [0.29, 0.717) is 0 Å². The third kappa shape index (κ3) is 2.30. The van der Waals surface area contributed by atoms with Crippen molar-refractivity contribution in [1.82, 2.24) is 0 Å². The molecule has 2 N–H and O–H groups in total. The predicted molar refractivity (Wildman–Crippen MR) is 38.7 cm³/mol. The zero-order valence-corrected chi connectivity index (χ0v) is 6.00. The Bertz CT molecular complexity index is 173. The van der Waals surface area contributed by atoms with Crippen LogP contribution in [0.1, 0.15) is 0 Å². The minimum Gasteiger partial charge on any atom is -0.465 e. The molecule has 4 nitrogen and oxygen atoms in total. The molecular formula is C6H10N2O2. The zero-order chi connectivity index (χ0) is 7.98. The summed E-state index contributed by atoms with van der Waals surface area (Å²) >= 11 is 0. The molecule has 0 radical (unpaired) electrons. The third-order valence-electron chi connectivity index (χ3n) is 0.869. The van der Waals surface area contributed by atoms with Gasteiger partial charge in [0.05, 0.1) is 12.7 Å². The van der Waals surface area contributed by atoms with Gasteiger partial charge < -0.3 is 10.5 Å². The maximum Gasteiger partial charge on any atom is 0.340 e. The molecule has 0 aromatic heterocycles. The lowest BCUT2D eigenvalue weighted by atomic mass is 10.3. The Kier molecular flexibility index (Phi) is 3.95. The number of ether oxygens (including phenoxy) is 1. The van der Waals surface area contributed by atoms with Gasteiger partial charge in [-0.2, -0.15) is 0 Å². The largest absolute Gasteiger partial charge is 0.465 e. The molecule has 0 aliphatic heterocycles. The first-order chi connectivity index (χ1) is 4.76. The number of esters is 1. The Balaban J connectivity index is 4.23. The van der Waals surface area contributed by atoms with E-state index in [1.54, 1.807) is 7.05 Å². The molecule has 0 unspecified atom stereocenters. The van der Waals surface area contributed by atoms with E-state index in [-0.39, 0.29) is 5.57 Å². The van der Waals surface area contributed by atoms with E-state index in [1.165, 1.54) is 13.3 Å². The number of carbonyl (C=O) groups is 1.